The van der Waals surface area contributed by atoms with Crippen LogP contribution in [0.4, 0.5) is 5.69 Å². The van der Waals surface area contributed by atoms with Crippen LogP contribution in [0.1, 0.15) is 43.7 Å². The molecular formula is C17H24N2O. The second kappa shape index (κ2) is 5.21. The van der Waals surface area contributed by atoms with E-state index in [4.69, 9.17) is 0 Å². The molecule has 0 radical (unpaired) electrons. The van der Waals surface area contributed by atoms with Gasteiger partial charge in [0.15, 0.2) is 0 Å². The Hall–Kier alpha value is -1.35. The van der Waals surface area contributed by atoms with Crippen molar-refractivity contribution in [1.29, 1.82) is 0 Å². The monoisotopic (exact) mass is 272 g/mol. The molecule has 1 aromatic rings. The number of benzene rings is 1. The average Bonchev–Trinajstić information content (AvgIpc) is 2.46. The van der Waals surface area contributed by atoms with Crippen molar-refractivity contribution >= 4 is 11.6 Å². The van der Waals surface area contributed by atoms with Gasteiger partial charge < -0.3 is 10.2 Å². The van der Waals surface area contributed by atoms with Crippen molar-refractivity contribution in [3.8, 4) is 0 Å². The minimum absolute atomic E-state index is 0.252. The van der Waals surface area contributed by atoms with Crippen molar-refractivity contribution < 1.29 is 4.79 Å². The maximum Gasteiger partial charge on any atom is 0.247 e. The third-order valence-electron chi connectivity index (χ3n) is 4.69. The molecule has 1 unspecified atom stereocenters. The number of hydrogen-bond acceptors (Lipinski definition) is 2. The third-order valence-corrected chi connectivity index (χ3v) is 4.69. The predicted octanol–water partition coefficient (Wildman–Crippen LogP) is 2.81. The molecule has 1 N–H and O–H groups in total. The van der Waals surface area contributed by atoms with Gasteiger partial charge in [-0.1, -0.05) is 17.7 Å². The zero-order valence-electron chi connectivity index (χ0n) is 12.5. The van der Waals surface area contributed by atoms with Crippen LogP contribution in [-0.4, -0.2) is 24.5 Å². The molecule has 20 heavy (non-hydrogen) atoms. The standard InChI is InChI=1S/C17H24N2O/c1-13-7-8-15-14(12-13)6-5-11-19(15)16(20)17(2)9-3-4-10-18-17/h7-8,12,18H,3-6,9-11H2,1-2H3. The molecule has 2 aliphatic heterocycles. The van der Waals surface area contributed by atoms with Gasteiger partial charge in [0.1, 0.15) is 0 Å². The third kappa shape index (κ3) is 2.35. The molecule has 1 aromatic carbocycles. The van der Waals surface area contributed by atoms with Crippen LogP contribution in [0, 0.1) is 6.92 Å². The molecule has 1 fully saturated rings. The number of piperidine rings is 1. The second-order valence-electron chi connectivity index (χ2n) is 6.41. The predicted molar refractivity (Wildman–Crippen MR) is 82.1 cm³/mol. The molecule has 3 nitrogen and oxygen atoms in total. The van der Waals surface area contributed by atoms with E-state index in [-0.39, 0.29) is 11.4 Å². The van der Waals surface area contributed by atoms with Crippen molar-refractivity contribution in [2.24, 2.45) is 0 Å². The number of fused-ring (bicyclic) bond motifs is 1. The van der Waals surface area contributed by atoms with Gasteiger partial charge in [0.05, 0.1) is 5.54 Å². The van der Waals surface area contributed by atoms with Crippen molar-refractivity contribution in [3.05, 3.63) is 29.3 Å². The lowest BCUT2D eigenvalue weighted by molar-refractivity contribution is -0.125. The van der Waals surface area contributed by atoms with E-state index in [1.807, 2.05) is 4.90 Å². The highest BCUT2D eigenvalue weighted by Crippen LogP contribution is 2.31. The Balaban J connectivity index is 1.90. The van der Waals surface area contributed by atoms with Crippen LogP contribution in [0.25, 0.3) is 0 Å². The molecule has 2 heterocycles. The van der Waals surface area contributed by atoms with Gasteiger partial charge in [0.25, 0.3) is 0 Å². The van der Waals surface area contributed by atoms with E-state index in [0.717, 1.165) is 44.5 Å². The summed E-state index contributed by atoms with van der Waals surface area (Å²) >= 11 is 0. The van der Waals surface area contributed by atoms with Crippen LogP contribution in [-0.2, 0) is 11.2 Å². The Morgan fingerprint density at radius 3 is 2.90 bits per heavy atom. The summed E-state index contributed by atoms with van der Waals surface area (Å²) in [5.74, 6) is 0.252. The Bertz CT molecular complexity index is 518. The molecular weight excluding hydrogens is 248 g/mol. The van der Waals surface area contributed by atoms with Crippen LogP contribution >= 0.6 is 0 Å². The SMILES string of the molecule is Cc1ccc2c(c1)CCCN2C(=O)C1(C)CCCCN1. The number of hydrogen-bond donors (Lipinski definition) is 1. The second-order valence-corrected chi connectivity index (χ2v) is 6.41. The van der Waals surface area contributed by atoms with Crippen LogP contribution in [0.15, 0.2) is 18.2 Å². The lowest BCUT2D eigenvalue weighted by Crippen LogP contribution is -2.59. The fraction of sp³-hybridized carbons (Fsp3) is 0.588. The van der Waals surface area contributed by atoms with Gasteiger partial charge >= 0.3 is 0 Å². The molecule has 0 aliphatic carbocycles. The normalized spacial score (nSPS) is 26.2. The molecule has 108 valence electrons. The molecule has 1 atom stereocenters. The highest BCUT2D eigenvalue weighted by molar-refractivity contribution is 6.01. The van der Waals surface area contributed by atoms with Gasteiger partial charge in [-0.15, -0.1) is 0 Å². The molecule has 0 bridgehead atoms. The number of aryl methyl sites for hydroxylation is 2. The van der Waals surface area contributed by atoms with E-state index in [2.05, 4.69) is 37.4 Å². The van der Waals surface area contributed by atoms with Crippen LogP contribution in [0.2, 0.25) is 0 Å². The maximum atomic E-state index is 13.0. The molecule has 3 heteroatoms. The number of rotatable bonds is 1. The number of carbonyl (C=O) groups is 1. The molecule has 0 saturated carbocycles. The summed E-state index contributed by atoms with van der Waals surface area (Å²) in [7, 11) is 0. The lowest BCUT2D eigenvalue weighted by Gasteiger charge is -2.40. The first kappa shape index (κ1) is 13.6. The topological polar surface area (TPSA) is 32.3 Å². The molecule has 0 aromatic heterocycles. The van der Waals surface area contributed by atoms with Gasteiger partial charge in [-0.2, -0.15) is 0 Å². The first-order chi connectivity index (χ1) is 9.60. The van der Waals surface area contributed by atoms with E-state index in [0.29, 0.717) is 0 Å². The number of amides is 1. The zero-order chi connectivity index (χ0) is 14.2. The summed E-state index contributed by atoms with van der Waals surface area (Å²) in [6.45, 7) is 5.99. The summed E-state index contributed by atoms with van der Waals surface area (Å²) in [5.41, 5.74) is 3.35. The molecule has 2 aliphatic rings. The van der Waals surface area contributed by atoms with Crippen molar-refractivity contribution in [3.63, 3.8) is 0 Å². The van der Waals surface area contributed by atoms with E-state index in [1.165, 1.54) is 17.5 Å². The lowest BCUT2D eigenvalue weighted by atomic mass is 9.88. The number of nitrogens with zero attached hydrogens (tertiary/aromatic N) is 1. The summed E-state index contributed by atoms with van der Waals surface area (Å²) in [4.78, 5) is 15.0. The van der Waals surface area contributed by atoms with Crippen molar-refractivity contribution in [1.82, 2.24) is 5.32 Å². The smallest absolute Gasteiger partial charge is 0.247 e. The van der Waals surface area contributed by atoms with Crippen LogP contribution in [0.5, 0.6) is 0 Å². The van der Waals surface area contributed by atoms with E-state index in [1.54, 1.807) is 0 Å². The van der Waals surface area contributed by atoms with Gasteiger partial charge in [-0.05, 0) is 64.1 Å². The quantitative estimate of drug-likeness (QED) is 0.852. The Morgan fingerprint density at radius 2 is 2.15 bits per heavy atom. The maximum absolute atomic E-state index is 13.0. The van der Waals surface area contributed by atoms with E-state index in [9.17, 15) is 4.79 Å². The highest BCUT2D eigenvalue weighted by atomic mass is 16.2. The first-order valence-electron chi connectivity index (χ1n) is 7.77. The first-order valence-corrected chi connectivity index (χ1v) is 7.77. The average molecular weight is 272 g/mol. The van der Waals surface area contributed by atoms with Gasteiger partial charge in [-0.25, -0.2) is 0 Å². The fourth-order valence-electron chi connectivity index (χ4n) is 3.47. The Kier molecular flexibility index (Phi) is 3.55. The zero-order valence-corrected chi connectivity index (χ0v) is 12.5. The molecule has 3 rings (SSSR count). The molecule has 0 spiro atoms. The van der Waals surface area contributed by atoms with E-state index >= 15 is 0 Å². The summed E-state index contributed by atoms with van der Waals surface area (Å²) in [5, 5.41) is 3.44. The summed E-state index contributed by atoms with van der Waals surface area (Å²) in [6.07, 6.45) is 5.43. The van der Waals surface area contributed by atoms with Gasteiger partial charge in [0, 0.05) is 12.2 Å². The van der Waals surface area contributed by atoms with Gasteiger partial charge in [-0.3, -0.25) is 4.79 Å². The number of carbonyl (C=O) groups excluding carboxylic acids is 1. The van der Waals surface area contributed by atoms with Gasteiger partial charge in [0.2, 0.25) is 5.91 Å². The fourth-order valence-corrected chi connectivity index (χ4v) is 3.47. The van der Waals surface area contributed by atoms with Crippen molar-refractivity contribution in [2.45, 2.75) is 51.5 Å². The summed E-state index contributed by atoms with van der Waals surface area (Å²) < 4.78 is 0. The van der Waals surface area contributed by atoms with E-state index < -0.39 is 0 Å². The van der Waals surface area contributed by atoms with Crippen LogP contribution in [0.3, 0.4) is 0 Å². The summed E-state index contributed by atoms with van der Waals surface area (Å²) in [6, 6.07) is 6.46. The number of anilines is 1. The van der Waals surface area contributed by atoms with Crippen molar-refractivity contribution in [2.75, 3.05) is 18.0 Å². The Labute approximate surface area is 121 Å². The number of nitrogens with one attached hydrogen (secondary N) is 1. The minimum Gasteiger partial charge on any atom is -0.311 e. The highest BCUT2D eigenvalue weighted by Gasteiger charge is 2.39. The molecule has 1 saturated heterocycles. The molecule has 1 amide bonds. The Morgan fingerprint density at radius 1 is 1.30 bits per heavy atom. The van der Waals surface area contributed by atoms with Crippen LogP contribution < -0.4 is 10.2 Å². The minimum atomic E-state index is -0.377. The largest absolute Gasteiger partial charge is 0.311 e.